The quantitative estimate of drug-likeness (QED) is 0.882. The third-order valence-electron chi connectivity index (χ3n) is 2.38. The van der Waals surface area contributed by atoms with Crippen molar-refractivity contribution >= 4 is 15.9 Å². The lowest BCUT2D eigenvalue weighted by molar-refractivity contribution is 0.470. The summed E-state index contributed by atoms with van der Waals surface area (Å²) in [6, 6.07) is 7.67. The summed E-state index contributed by atoms with van der Waals surface area (Å²) >= 11 is 3.45. The Morgan fingerprint density at radius 2 is 2.22 bits per heavy atom. The van der Waals surface area contributed by atoms with E-state index in [9.17, 15) is 0 Å². The molecule has 0 saturated carbocycles. The third-order valence-corrected chi connectivity index (χ3v) is 3.07. The fourth-order valence-corrected chi connectivity index (χ4v) is 1.82. The van der Waals surface area contributed by atoms with Crippen molar-refractivity contribution in [3.8, 4) is 23.8 Å². The molecule has 1 N–H and O–H groups in total. The number of hydrogen-bond donors (Lipinski definition) is 1. The van der Waals surface area contributed by atoms with Crippen LogP contribution in [-0.2, 0) is 6.54 Å². The molecule has 18 heavy (non-hydrogen) atoms. The van der Waals surface area contributed by atoms with E-state index in [-0.39, 0.29) is 6.04 Å². The van der Waals surface area contributed by atoms with E-state index in [1.807, 2.05) is 31.2 Å². The SMILES string of the molecule is C#CC(C)NCc1nnc(-c2ccccc2Br)o1. The highest BCUT2D eigenvalue weighted by Crippen LogP contribution is 2.26. The number of halogens is 1. The van der Waals surface area contributed by atoms with Crippen LogP contribution in [0.1, 0.15) is 12.8 Å². The fourth-order valence-electron chi connectivity index (χ4n) is 1.37. The Morgan fingerprint density at radius 1 is 1.44 bits per heavy atom. The highest BCUT2D eigenvalue weighted by Gasteiger charge is 2.11. The molecule has 0 radical (unpaired) electrons. The van der Waals surface area contributed by atoms with E-state index in [2.05, 4.69) is 37.4 Å². The molecule has 0 bridgehead atoms. The van der Waals surface area contributed by atoms with Gasteiger partial charge in [0.1, 0.15) is 0 Å². The molecule has 0 aliphatic rings. The molecular weight excluding hydrogens is 294 g/mol. The highest BCUT2D eigenvalue weighted by molar-refractivity contribution is 9.10. The van der Waals surface area contributed by atoms with E-state index < -0.39 is 0 Å². The largest absolute Gasteiger partial charge is 0.419 e. The summed E-state index contributed by atoms with van der Waals surface area (Å²) in [6.07, 6.45) is 5.27. The van der Waals surface area contributed by atoms with Crippen LogP contribution in [0.2, 0.25) is 0 Å². The minimum atomic E-state index is -0.0242. The molecule has 92 valence electrons. The molecule has 1 heterocycles. The van der Waals surface area contributed by atoms with Crippen molar-refractivity contribution < 1.29 is 4.42 Å². The molecule has 0 amide bonds. The Labute approximate surface area is 114 Å². The average molecular weight is 306 g/mol. The van der Waals surface area contributed by atoms with Crippen LogP contribution < -0.4 is 5.32 Å². The summed E-state index contributed by atoms with van der Waals surface area (Å²) in [5, 5.41) is 11.1. The van der Waals surface area contributed by atoms with E-state index >= 15 is 0 Å². The van der Waals surface area contributed by atoms with Crippen molar-refractivity contribution in [2.45, 2.75) is 19.5 Å². The summed E-state index contributed by atoms with van der Waals surface area (Å²) in [5.74, 6) is 3.58. The zero-order chi connectivity index (χ0) is 13.0. The molecule has 5 heteroatoms. The van der Waals surface area contributed by atoms with Gasteiger partial charge < -0.3 is 4.42 Å². The van der Waals surface area contributed by atoms with Gasteiger partial charge in [-0.25, -0.2) is 0 Å². The molecule has 0 spiro atoms. The first-order valence-corrected chi connectivity index (χ1v) is 6.27. The second-order valence-electron chi connectivity index (χ2n) is 3.75. The second kappa shape index (κ2) is 5.80. The molecule has 1 aromatic carbocycles. The van der Waals surface area contributed by atoms with Crippen molar-refractivity contribution in [2.75, 3.05) is 0 Å². The summed E-state index contributed by atoms with van der Waals surface area (Å²) in [6.45, 7) is 2.36. The summed E-state index contributed by atoms with van der Waals surface area (Å²) in [4.78, 5) is 0. The smallest absolute Gasteiger partial charge is 0.248 e. The van der Waals surface area contributed by atoms with E-state index in [1.165, 1.54) is 0 Å². The van der Waals surface area contributed by atoms with Crippen LogP contribution in [-0.4, -0.2) is 16.2 Å². The Balaban J connectivity index is 2.12. The van der Waals surface area contributed by atoms with E-state index in [4.69, 9.17) is 10.8 Å². The topological polar surface area (TPSA) is 51.0 Å². The van der Waals surface area contributed by atoms with Gasteiger partial charge in [0.2, 0.25) is 11.8 Å². The minimum absolute atomic E-state index is 0.0242. The first-order chi connectivity index (χ1) is 8.70. The molecule has 0 aliphatic carbocycles. The van der Waals surface area contributed by atoms with Crippen molar-refractivity contribution in [3.63, 3.8) is 0 Å². The van der Waals surface area contributed by atoms with E-state index in [0.717, 1.165) is 10.0 Å². The summed E-state index contributed by atoms with van der Waals surface area (Å²) < 4.78 is 6.48. The Kier molecular flexibility index (Phi) is 4.13. The Morgan fingerprint density at radius 3 is 2.94 bits per heavy atom. The highest BCUT2D eigenvalue weighted by atomic mass is 79.9. The van der Waals surface area contributed by atoms with Gasteiger partial charge in [-0.2, -0.15) is 0 Å². The maximum atomic E-state index is 5.56. The molecule has 0 aliphatic heterocycles. The molecule has 2 aromatic rings. The predicted molar refractivity (Wildman–Crippen MR) is 72.6 cm³/mol. The number of rotatable bonds is 4. The van der Waals surface area contributed by atoms with Crippen LogP contribution in [0.4, 0.5) is 0 Å². The first kappa shape index (κ1) is 12.8. The first-order valence-electron chi connectivity index (χ1n) is 5.47. The number of hydrogen-bond acceptors (Lipinski definition) is 4. The number of nitrogens with one attached hydrogen (secondary N) is 1. The second-order valence-corrected chi connectivity index (χ2v) is 4.60. The van der Waals surface area contributed by atoms with E-state index in [0.29, 0.717) is 18.3 Å². The number of benzene rings is 1. The molecular formula is C13H12BrN3O. The zero-order valence-electron chi connectivity index (χ0n) is 9.85. The summed E-state index contributed by atoms with van der Waals surface area (Å²) in [5.41, 5.74) is 0.876. The molecule has 0 fully saturated rings. The monoisotopic (exact) mass is 305 g/mol. The van der Waals surface area contributed by atoms with Crippen LogP contribution in [0.3, 0.4) is 0 Å². The maximum Gasteiger partial charge on any atom is 0.248 e. The Hall–Kier alpha value is -1.64. The minimum Gasteiger partial charge on any atom is -0.419 e. The lowest BCUT2D eigenvalue weighted by Crippen LogP contribution is -2.23. The van der Waals surface area contributed by atoms with Gasteiger partial charge in [-0.1, -0.05) is 18.1 Å². The average Bonchev–Trinajstić information content (AvgIpc) is 2.85. The summed E-state index contributed by atoms with van der Waals surface area (Å²) in [7, 11) is 0. The molecule has 1 unspecified atom stereocenters. The lowest BCUT2D eigenvalue weighted by atomic mass is 10.2. The number of terminal acetylenes is 1. The predicted octanol–water partition coefficient (Wildman–Crippen LogP) is 2.61. The molecule has 1 aromatic heterocycles. The molecule has 2 rings (SSSR count). The van der Waals surface area contributed by atoms with Crippen molar-refractivity contribution in [2.24, 2.45) is 0 Å². The third kappa shape index (κ3) is 2.97. The van der Waals surface area contributed by atoms with Gasteiger partial charge in [-0.15, -0.1) is 16.6 Å². The molecule has 4 nitrogen and oxygen atoms in total. The molecule has 1 atom stereocenters. The van der Waals surface area contributed by atoms with Crippen molar-refractivity contribution in [1.82, 2.24) is 15.5 Å². The van der Waals surface area contributed by atoms with E-state index in [1.54, 1.807) is 0 Å². The molecule has 0 saturated heterocycles. The Bertz CT molecular complexity index is 574. The van der Waals surface area contributed by atoms with Crippen LogP contribution >= 0.6 is 15.9 Å². The van der Waals surface area contributed by atoms with Gasteiger partial charge in [0.25, 0.3) is 0 Å². The van der Waals surface area contributed by atoms with Gasteiger partial charge in [0, 0.05) is 4.47 Å². The van der Waals surface area contributed by atoms with Gasteiger partial charge >= 0.3 is 0 Å². The van der Waals surface area contributed by atoms with Crippen LogP contribution in [0.25, 0.3) is 11.5 Å². The van der Waals surface area contributed by atoms with Crippen LogP contribution in [0.5, 0.6) is 0 Å². The number of nitrogens with zero attached hydrogens (tertiary/aromatic N) is 2. The lowest BCUT2D eigenvalue weighted by Gasteiger charge is -2.03. The van der Waals surface area contributed by atoms with Gasteiger partial charge in [-0.05, 0) is 35.0 Å². The standard InChI is InChI=1S/C13H12BrN3O/c1-3-9(2)15-8-12-16-17-13(18-12)10-6-4-5-7-11(10)14/h1,4-7,9,15H,8H2,2H3. The fraction of sp³-hybridized carbons (Fsp3) is 0.231. The number of aromatic nitrogens is 2. The van der Waals surface area contributed by atoms with Crippen molar-refractivity contribution in [1.29, 1.82) is 0 Å². The zero-order valence-corrected chi connectivity index (χ0v) is 11.4. The van der Waals surface area contributed by atoms with Crippen molar-refractivity contribution in [3.05, 3.63) is 34.6 Å². The van der Waals surface area contributed by atoms with Gasteiger partial charge in [0.05, 0.1) is 18.2 Å². The van der Waals surface area contributed by atoms with Gasteiger partial charge in [-0.3, -0.25) is 5.32 Å². The maximum absolute atomic E-state index is 5.56. The van der Waals surface area contributed by atoms with Crippen LogP contribution in [0, 0.1) is 12.3 Å². The normalized spacial score (nSPS) is 12.1. The van der Waals surface area contributed by atoms with Gasteiger partial charge in [0.15, 0.2) is 0 Å². The van der Waals surface area contributed by atoms with Crippen LogP contribution in [0.15, 0.2) is 33.2 Å².